The fourth-order valence-electron chi connectivity index (χ4n) is 2.20. The average Bonchev–Trinajstić information content (AvgIpc) is 2.38. The number of morpholine rings is 1. The molecule has 0 saturated carbocycles. The molecule has 1 aromatic rings. The van der Waals surface area contributed by atoms with Crippen LogP contribution in [0.2, 0.25) is 0 Å². The van der Waals surface area contributed by atoms with E-state index in [0.29, 0.717) is 12.3 Å². The highest BCUT2D eigenvalue weighted by molar-refractivity contribution is 5.92. The van der Waals surface area contributed by atoms with E-state index in [1.165, 1.54) is 18.2 Å². The Morgan fingerprint density at radius 2 is 2.30 bits per heavy atom. The molecule has 6 heteroatoms. The molecular weight excluding hydrogens is 261 g/mol. The molecule has 20 heavy (non-hydrogen) atoms. The number of rotatable bonds is 3. The number of nitrogen functional groups attached to an aromatic ring is 1. The SMILES string of the molecule is CC1CN(CC(=O)Nc2ccc(F)c(N)c2)C(C)CO1. The smallest absolute Gasteiger partial charge is 0.238 e. The maximum atomic E-state index is 13.0. The molecule has 2 atom stereocenters. The molecule has 1 fully saturated rings. The molecule has 1 aromatic carbocycles. The number of nitrogens with two attached hydrogens (primary N) is 1. The molecule has 1 heterocycles. The van der Waals surface area contributed by atoms with E-state index in [4.69, 9.17) is 10.5 Å². The van der Waals surface area contributed by atoms with Crippen LogP contribution < -0.4 is 11.1 Å². The van der Waals surface area contributed by atoms with Crippen molar-refractivity contribution in [3.8, 4) is 0 Å². The Hall–Kier alpha value is -1.66. The van der Waals surface area contributed by atoms with Crippen LogP contribution >= 0.6 is 0 Å². The molecule has 1 aliphatic rings. The van der Waals surface area contributed by atoms with Crippen LogP contribution in [0.1, 0.15) is 13.8 Å². The summed E-state index contributed by atoms with van der Waals surface area (Å²) in [5.74, 6) is -0.629. The van der Waals surface area contributed by atoms with Gasteiger partial charge in [-0.25, -0.2) is 4.39 Å². The van der Waals surface area contributed by atoms with Gasteiger partial charge in [0, 0.05) is 18.3 Å². The number of hydrogen-bond donors (Lipinski definition) is 2. The van der Waals surface area contributed by atoms with Gasteiger partial charge in [0.05, 0.1) is 24.9 Å². The molecule has 1 amide bonds. The van der Waals surface area contributed by atoms with E-state index in [1.807, 2.05) is 13.8 Å². The maximum absolute atomic E-state index is 13.0. The van der Waals surface area contributed by atoms with Crippen molar-refractivity contribution in [2.24, 2.45) is 0 Å². The largest absolute Gasteiger partial charge is 0.396 e. The normalized spacial score (nSPS) is 23.6. The molecule has 3 N–H and O–H groups in total. The van der Waals surface area contributed by atoms with E-state index in [9.17, 15) is 9.18 Å². The number of carbonyl (C=O) groups excluding carboxylic acids is 1. The third kappa shape index (κ3) is 3.68. The first kappa shape index (κ1) is 14.7. The minimum absolute atomic E-state index is 0.0242. The van der Waals surface area contributed by atoms with E-state index < -0.39 is 5.82 Å². The number of amides is 1. The lowest BCUT2D eigenvalue weighted by molar-refractivity contribution is -0.121. The van der Waals surface area contributed by atoms with E-state index >= 15 is 0 Å². The third-order valence-electron chi connectivity index (χ3n) is 3.36. The predicted molar refractivity (Wildman–Crippen MR) is 75.9 cm³/mol. The van der Waals surface area contributed by atoms with Gasteiger partial charge >= 0.3 is 0 Å². The zero-order chi connectivity index (χ0) is 14.7. The summed E-state index contributed by atoms with van der Waals surface area (Å²) in [7, 11) is 0. The zero-order valence-electron chi connectivity index (χ0n) is 11.7. The lowest BCUT2D eigenvalue weighted by Crippen LogP contribution is -2.50. The molecule has 2 rings (SSSR count). The zero-order valence-corrected chi connectivity index (χ0v) is 11.7. The molecular formula is C14H20FN3O2. The summed E-state index contributed by atoms with van der Waals surface area (Å²) in [6, 6.07) is 4.35. The number of halogens is 1. The number of nitrogens with zero attached hydrogens (tertiary/aromatic N) is 1. The quantitative estimate of drug-likeness (QED) is 0.823. The number of ether oxygens (including phenoxy) is 1. The van der Waals surface area contributed by atoms with E-state index in [0.717, 1.165) is 6.54 Å². The van der Waals surface area contributed by atoms with Crippen molar-refractivity contribution < 1.29 is 13.9 Å². The van der Waals surface area contributed by atoms with Crippen LogP contribution in [0.3, 0.4) is 0 Å². The van der Waals surface area contributed by atoms with Crippen LogP contribution in [0, 0.1) is 5.82 Å². The number of nitrogens with one attached hydrogen (secondary N) is 1. The summed E-state index contributed by atoms with van der Waals surface area (Å²) in [4.78, 5) is 14.1. The fourth-order valence-corrected chi connectivity index (χ4v) is 2.20. The van der Waals surface area contributed by atoms with E-state index in [1.54, 1.807) is 0 Å². The minimum atomic E-state index is -0.487. The van der Waals surface area contributed by atoms with Crippen LogP contribution in [0.25, 0.3) is 0 Å². The Morgan fingerprint density at radius 3 is 3.00 bits per heavy atom. The second-order valence-corrected chi connectivity index (χ2v) is 5.21. The standard InChI is InChI=1S/C14H20FN3O2/c1-9-8-20-10(2)6-18(9)7-14(19)17-11-3-4-12(15)13(16)5-11/h3-5,9-10H,6-8,16H2,1-2H3,(H,17,19). The topological polar surface area (TPSA) is 67.6 Å². The average molecular weight is 281 g/mol. The summed E-state index contributed by atoms with van der Waals surface area (Å²) in [6.07, 6.45) is 0.125. The van der Waals surface area contributed by atoms with Crippen LogP contribution in [0.15, 0.2) is 18.2 Å². The molecule has 0 spiro atoms. The van der Waals surface area contributed by atoms with Crippen molar-refractivity contribution in [2.75, 3.05) is 30.7 Å². The summed E-state index contributed by atoms with van der Waals surface area (Å²) in [6.45, 7) is 5.64. The summed E-state index contributed by atoms with van der Waals surface area (Å²) in [5.41, 5.74) is 5.99. The van der Waals surface area contributed by atoms with Gasteiger partial charge in [0.2, 0.25) is 5.91 Å². The molecule has 5 nitrogen and oxygen atoms in total. The van der Waals surface area contributed by atoms with Gasteiger partial charge in [0.1, 0.15) is 5.82 Å². The van der Waals surface area contributed by atoms with Crippen molar-refractivity contribution in [1.82, 2.24) is 4.90 Å². The summed E-state index contributed by atoms with van der Waals surface area (Å²) in [5, 5.41) is 2.72. The van der Waals surface area contributed by atoms with Crippen molar-refractivity contribution in [3.63, 3.8) is 0 Å². The monoisotopic (exact) mass is 281 g/mol. The Kier molecular flexibility index (Phi) is 4.57. The van der Waals surface area contributed by atoms with E-state index in [2.05, 4.69) is 10.2 Å². The second kappa shape index (κ2) is 6.19. The molecule has 0 bridgehead atoms. The fraction of sp³-hybridized carbons (Fsp3) is 0.500. The molecule has 0 aromatic heterocycles. The summed E-state index contributed by atoms with van der Waals surface area (Å²) < 4.78 is 18.6. The highest BCUT2D eigenvalue weighted by atomic mass is 19.1. The lowest BCUT2D eigenvalue weighted by Gasteiger charge is -2.36. The van der Waals surface area contributed by atoms with Gasteiger partial charge in [0.15, 0.2) is 0 Å². The van der Waals surface area contributed by atoms with Crippen molar-refractivity contribution in [2.45, 2.75) is 26.0 Å². The number of hydrogen-bond acceptors (Lipinski definition) is 4. The first-order valence-electron chi connectivity index (χ1n) is 6.66. The highest BCUT2D eigenvalue weighted by Gasteiger charge is 2.25. The molecule has 0 aliphatic carbocycles. The molecule has 1 saturated heterocycles. The van der Waals surface area contributed by atoms with Crippen LogP contribution in [0.4, 0.5) is 15.8 Å². The predicted octanol–water partition coefficient (Wildman–Crippen LogP) is 1.46. The Bertz CT molecular complexity index is 495. The molecule has 110 valence electrons. The van der Waals surface area contributed by atoms with Crippen molar-refractivity contribution in [1.29, 1.82) is 0 Å². The first-order valence-corrected chi connectivity index (χ1v) is 6.66. The first-order chi connectivity index (χ1) is 9.45. The Morgan fingerprint density at radius 1 is 1.55 bits per heavy atom. The number of carbonyl (C=O) groups is 1. The van der Waals surface area contributed by atoms with Gasteiger partial charge in [-0.1, -0.05) is 0 Å². The van der Waals surface area contributed by atoms with Gasteiger partial charge in [0.25, 0.3) is 0 Å². The van der Waals surface area contributed by atoms with Gasteiger partial charge in [-0.15, -0.1) is 0 Å². The van der Waals surface area contributed by atoms with Gasteiger partial charge < -0.3 is 15.8 Å². The van der Waals surface area contributed by atoms with Gasteiger partial charge in [-0.3, -0.25) is 9.69 Å². The van der Waals surface area contributed by atoms with Crippen molar-refractivity contribution in [3.05, 3.63) is 24.0 Å². The summed E-state index contributed by atoms with van der Waals surface area (Å²) >= 11 is 0. The molecule has 2 unspecified atom stereocenters. The van der Waals surface area contributed by atoms with Crippen LogP contribution in [-0.4, -0.2) is 42.6 Å². The number of anilines is 2. The van der Waals surface area contributed by atoms with Gasteiger partial charge in [-0.2, -0.15) is 0 Å². The van der Waals surface area contributed by atoms with Crippen molar-refractivity contribution >= 4 is 17.3 Å². The second-order valence-electron chi connectivity index (χ2n) is 5.21. The number of benzene rings is 1. The Labute approximate surface area is 117 Å². The Balaban J connectivity index is 1.93. The molecule has 0 radical (unpaired) electrons. The van der Waals surface area contributed by atoms with Crippen LogP contribution in [-0.2, 0) is 9.53 Å². The highest BCUT2D eigenvalue weighted by Crippen LogP contribution is 2.17. The molecule has 1 aliphatic heterocycles. The van der Waals surface area contributed by atoms with Gasteiger partial charge in [-0.05, 0) is 32.0 Å². The van der Waals surface area contributed by atoms with Crippen LogP contribution in [0.5, 0.6) is 0 Å². The third-order valence-corrected chi connectivity index (χ3v) is 3.36. The minimum Gasteiger partial charge on any atom is -0.396 e. The maximum Gasteiger partial charge on any atom is 0.238 e. The lowest BCUT2D eigenvalue weighted by atomic mass is 10.2. The van der Waals surface area contributed by atoms with E-state index in [-0.39, 0.29) is 30.3 Å².